The Balaban J connectivity index is 1.44. The van der Waals surface area contributed by atoms with Gasteiger partial charge in [-0.15, -0.1) is 22.0 Å². The molecule has 5 rings (SSSR count). The first-order valence-electron chi connectivity index (χ1n) is 12.3. The van der Waals surface area contributed by atoms with Crippen LogP contribution in [0.15, 0.2) is 70.0 Å². The lowest BCUT2D eigenvalue weighted by Crippen LogP contribution is -2.30. The zero-order chi connectivity index (χ0) is 27.9. The molecule has 5 nitrogen and oxygen atoms in total. The van der Waals surface area contributed by atoms with E-state index in [2.05, 4.69) is 10.2 Å². The van der Waals surface area contributed by atoms with E-state index >= 15 is 4.39 Å². The van der Waals surface area contributed by atoms with Gasteiger partial charge in [0.1, 0.15) is 5.82 Å². The van der Waals surface area contributed by atoms with Crippen molar-refractivity contribution in [2.75, 3.05) is 10.7 Å². The Morgan fingerprint density at radius 1 is 0.949 bits per heavy atom. The monoisotopic (exact) mass is 555 g/mol. The van der Waals surface area contributed by atoms with Crippen LogP contribution in [0.3, 0.4) is 0 Å². The molecule has 0 saturated carbocycles. The SMILES string of the molecule is CC(C)(C)c1nnc(-c2cc3c(cc2F)SCCC(=O)N3Cc2ccc(-c3ccc(C(F)(F)F)cc3)cc2)o1. The first-order chi connectivity index (χ1) is 18.4. The second-order valence-electron chi connectivity index (χ2n) is 10.3. The molecule has 4 aromatic rings. The van der Waals surface area contributed by atoms with Crippen LogP contribution in [-0.2, 0) is 22.9 Å². The number of aromatic nitrogens is 2. The third-order valence-electron chi connectivity index (χ3n) is 6.35. The average molecular weight is 556 g/mol. The van der Waals surface area contributed by atoms with Gasteiger partial charge in [-0.25, -0.2) is 4.39 Å². The molecule has 39 heavy (non-hydrogen) atoms. The van der Waals surface area contributed by atoms with Gasteiger partial charge in [0.2, 0.25) is 11.8 Å². The number of hydrogen-bond acceptors (Lipinski definition) is 5. The lowest BCUT2D eigenvalue weighted by molar-refractivity contribution is -0.137. The van der Waals surface area contributed by atoms with Crippen molar-refractivity contribution < 1.29 is 26.8 Å². The van der Waals surface area contributed by atoms with Gasteiger partial charge in [0, 0.05) is 22.5 Å². The minimum absolute atomic E-state index is 0.0442. The number of benzene rings is 3. The summed E-state index contributed by atoms with van der Waals surface area (Å²) in [4.78, 5) is 15.4. The highest BCUT2D eigenvalue weighted by atomic mass is 32.2. The Bertz CT molecular complexity index is 1510. The number of carbonyl (C=O) groups excluding carboxylic acids is 1. The summed E-state index contributed by atoms with van der Waals surface area (Å²) in [5.74, 6) is 0.319. The van der Waals surface area contributed by atoms with Crippen molar-refractivity contribution in [2.24, 2.45) is 0 Å². The molecule has 1 amide bonds. The fourth-order valence-corrected chi connectivity index (χ4v) is 5.20. The van der Waals surface area contributed by atoms with Crippen LogP contribution in [0.1, 0.15) is 44.2 Å². The van der Waals surface area contributed by atoms with Crippen molar-refractivity contribution >= 4 is 23.4 Å². The fraction of sp³-hybridized carbons (Fsp3) is 0.276. The van der Waals surface area contributed by atoms with Crippen LogP contribution >= 0.6 is 11.8 Å². The molecule has 0 fully saturated rings. The maximum atomic E-state index is 15.1. The molecule has 1 aromatic heterocycles. The first kappa shape index (κ1) is 26.9. The van der Waals surface area contributed by atoms with Crippen LogP contribution < -0.4 is 4.90 Å². The summed E-state index contributed by atoms with van der Waals surface area (Å²) in [7, 11) is 0. The summed E-state index contributed by atoms with van der Waals surface area (Å²) in [5, 5.41) is 8.10. The first-order valence-corrected chi connectivity index (χ1v) is 13.3. The largest absolute Gasteiger partial charge is 0.420 e. The van der Waals surface area contributed by atoms with Crippen molar-refractivity contribution in [3.63, 3.8) is 0 Å². The molecule has 0 unspecified atom stereocenters. The lowest BCUT2D eigenvalue weighted by Gasteiger charge is -2.23. The zero-order valence-corrected chi connectivity index (χ0v) is 22.3. The molecule has 0 spiro atoms. The number of alkyl halides is 3. The Morgan fingerprint density at radius 2 is 1.59 bits per heavy atom. The Morgan fingerprint density at radius 3 is 2.18 bits per heavy atom. The van der Waals surface area contributed by atoms with Crippen LogP contribution in [0.4, 0.5) is 23.2 Å². The maximum Gasteiger partial charge on any atom is 0.416 e. The standard InChI is InChI=1S/C29H25F4N3O2S/c1-28(2,3)27-35-34-26(38-27)21-14-23-24(15-22(21)30)39-13-12-25(37)36(23)16-17-4-6-18(7-5-17)19-8-10-20(11-9-19)29(31,32)33/h4-11,14-15H,12-13,16H2,1-3H3. The van der Waals surface area contributed by atoms with Crippen LogP contribution in [0.25, 0.3) is 22.6 Å². The van der Waals surface area contributed by atoms with E-state index in [9.17, 15) is 18.0 Å². The van der Waals surface area contributed by atoms with E-state index in [-0.39, 0.29) is 30.3 Å². The summed E-state index contributed by atoms with van der Waals surface area (Å²) < 4.78 is 59.6. The van der Waals surface area contributed by atoms with Gasteiger partial charge in [-0.05, 0) is 41.0 Å². The molecule has 1 aliphatic rings. The number of anilines is 1. The van der Waals surface area contributed by atoms with E-state index < -0.39 is 23.0 Å². The minimum atomic E-state index is -4.39. The Kier molecular flexibility index (Phi) is 7.00. The smallest absolute Gasteiger partial charge is 0.416 e. The van der Waals surface area contributed by atoms with E-state index in [1.54, 1.807) is 23.1 Å². The van der Waals surface area contributed by atoms with Gasteiger partial charge in [-0.2, -0.15) is 13.2 Å². The van der Waals surface area contributed by atoms with Crippen LogP contribution in [0.5, 0.6) is 0 Å². The quantitative estimate of drug-likeness (QED) is 0.240. The van der Waals surface area contributed by atoms with Gasteiger partial charge in [0.05, 0.1) is 23.4 Å². The maximum absolute atomic E-state index is 15.1. The average Bonchev–Trinajstić information content (AvgIpc) is 3.33. The molecular weight excluding hydrogens is 530 g/mol. The predicted molar refractivity (Wildman–Crippen MR) is 142 cm³/mol. The highest BCUT2D eigenvalue weighted by molar-refractivity contribution is 7.99. The third kappa shape index (κ3) is 5.71. The number of amides is 1. The highest BCUT2D eigenvalue weighted by Crippen LogP contribution is 2.40. The fourth-order valence-electron chi connectivity index (χ4n) is 4.20. The number of halogens is 4. The molecule has 0 aliphatic carbocycles. The Hall–Kier alpha value is -3.66. The molecule has 10 heteroatoms. The van der Waals surface area contributed by atoms with Crippen LogP contribution in [-0.4, -0.2) is 21.9 Å². The van der Waals surface area contributed by atoms with Crippen molar-refractivity contribution in [2.45, 2.75) is 50.2 Å². The van der Waals surface area contributed by atoms with Gasteiger partial charge in [-0.1, -0.05) is 57.2 Å². The van der Waals surface area contributed by atoms with Crippen molar-refractivity contribution in [1.29, 1.82) is 0 Å². The molecule has 0 radical (unpaired) electrons. The van der Waals surface area contributed by atoms with E-state index in [0.717, 1.165) is 23.3 Å². The summed E-state index contributed by atoms with van der Waals surface area (Å²) in [6, 6.07) is 15.2. The third-order valence-corrected chi connectivity index (χ3v) is 7.40. The van der Waals surface area contributed by atoms with Gasteiger partial charge >= 0.3 is 6.18 Å². The zero-order valence-electron chi connectivity index (χ0n) is 21.5. The van der Waals surface area contributed by atoms with Gasteiger partial charge in [0.25, 0.3) is 5.89 Å². The molecule has 3 aromatic carbocycles. The number of rotatable bonds is 4. The minimum Gasteiger partial charge on any atom is -0.420 e. The van der Waals surface area contributed by atoms with Crippen molar-refractivity contribution in [3.8, 4) is 22.6 Å². The Labute approximate surface area is 227 Å². The number of nitrogens with zero attached hydrogens (tertiary/aromatic N) is 3. The van der Waals surface area contributed by atoms with E-state index in [0.29, 0.717) is 27.8 Å². The molecule has 1 aliphatic heterocycles. The van der Waals surface area contributed by atoms with Gasteiger partial charge in [0.15, 0.2) is 0 Å². The molecular formula is C29H25F4N3O2S. The molecule has 2 heterocycles. The molecule has 202 valence electrons. The molecule has 0 atom stereocenters. The molecule has 0 bridgehead atoms. The normalized spacial score (nSPS) is 14.3. The topological polar surface area (TPSA) is 59.2 Å². The lowest BCUT2D eigenvalue weighted by atomic mass is 9.97. The second kappa shape index (κ2) is 10.1. The van der Waals surface area contributed by atoms with E-state index in [1.165, 1.54) is 30.0 Å². The number of hydrogen-bond donors (Lipinski definition) is 0. The summed E-state index contributed by atoms with van der Waals surface area (Å²) in [5.41, 5.74) is 1.78. The molecule has 0 N–H and O–H groups in total. The van der Waals surface area contributed by atoms with Gasteiger partial charge in [-0.3, -0.25) is 4.79 Å². The van der Waals surface area contributed by atoms with Crippen molar-refractivity contribution in [3.05, 3.63) is 83.5 Å². The summed E-state index contributed by atoms with van der Waals surface area (Å²) in [6.07, 6.45) is -4.10. The highest BCUT2D eigenvalue weighted by Gasteiger charge is 2.30. The number of carbonyl (C=O) groups is 1. The van der Waals surface area contributed by atoms with Gasteiger partial charge < -0.3 is 9.32 Å². The number of fused-ring (bicyclic) bond motifs is 1. The molecule has 0 saturated heterocycles. The van der Waals surface area contributed by atoms with Crippen LogP contribution in [0, 0.1) is 5.82 Å². The van der Waals surface area contributed by atoms with E-state index in [4.69, 9.17) is 4.42 Å². The predicted octanol–water partition coefficient (Wildman–Crippen LogP) is 7.89. The number of thioether (sulfide) groups is 1. The van der Waals surface area contributed by atoms with Crippen LogP contribution in [0.2, 0.25) is 0 Å². The van der Waals surface area contributed by atoms with Crippen molar-refractivity contribution in [1.82, 2.24) is 10.2 Å². The summed E-state index contributed by atoms with van der Waals surface area (Å²) in [6.45, 7) is 5.98. The summed E-state index contributed by atoms with van der Waals surface area (Å²) >= 11 is 1.41. The second-order valence-corrected chi connectivity index (χ2v) is 11.4. The van der Waals surface area contributed by atoms with E-state index in [1.807, 2.05) is 32.9 Å².